The Morgan fingerprint density at radius 3 is 2.63 bits per heavy atom. The fraction of sp³-hybridized carbons (Fsp3) is 0.364. The lowest BCUT2D eigenvalue weighted by atomic mass is 10.0. The highest BCUT2D eigenvalue weighted by molar-refractivity contribution is 5.97. The molecule has 4 aromatic rings. The van der Waals surface area contributed by atoms with Gasteiger partial charge in [-0.2, -0.15) is 5.10 Å². The molecule has 0 saturated carbocycles. The lowest BCUT2D eigenvalue weighted by Crippen LogP contribution is -2.52. The van der Waals surface area contributed by atoms with E-state index in [0.29, 0.717) is 52.3 Å². The SMILES string of the molecule is COc1ccc2cc1OCCCN(C(=O)c1cnn(-c3ccccc3OC)c1)CC(=O)N[C@@H](C(C)C)C(=O)NCc1nc-2oc1C. The van der Waals surface area contributed by atoms with Crippen LogP contribution < -0.4 is 24.8 Å². The zero-order chi connectivity index (χ0) is 32.8. The van der Waals surface area contributed by atoms with Crippen molar-refractivity contribution in [1.29, 1.82) is 0 Å². The summed E-state index contributed by atoms with van der Waals surface area (Å²) in [6.45, 7) is 5.68. The van der Waals surface area contributed by atoms with E-state index in [2.05, 4.69) is 20.7 Å². The van der Waals surface area contributed by atoms with Gasteiger partial charge in [0, 0.05) is 18.3 Å². The van der Waals surface area contributed by atoms with E-state index in [4.69, 9.17) is 18.6 Å². The number of ether oxygens (including phenoxy) is 3. The molecule has 2 aromatic heterocycles. The number of hydrogen-bond donors (Lipinski definition) is 2. The highest BCUT2D eigenvalue weighted by Crippen LogP contribution is 2.33. The molecule has 13 heteroatoms. The summed E-state index contributed by atoms with van der Waals surface area (Å²) in [5.74, 6) is 1.04. The van der Waals surface area contributed by atoms with Crippen molar-refractivity contribution >= 4 is 17.7 Å². The third-order valence-electron chi connectivity index (χ3n) is 7.61. The Balaban J connectivity index is 1.43. The van der Waals surface area contributed by atoms with E-state index in [1.807, 2.05) is 38.1 Å². The highest BCUT2D eigenvalue weighted by atomic mass is 16.5. The predicted octanol–water partition coefficient (Wildman–Crippen LogP) is 3.53. The molecule has 0 unspecified atom stereocenters. The average molecular weight is 631 g/mol. The Morgan fingerprint density at radius 1 is 1.09 bits per heavy atom. The highest BCUT2D eigenvalue weighted by Gasteiger charge is 2.28. The van der Waals surface area contributed by atoms with Crippen molar-refractivity contribution in [2.45, 2.75) is 39.8 Å². The van der Waals surface area contributed by atoms with Crippen molar-refractivity contribution in [3.8, 4) is 34.4 Å². The molecule has 1 aliphatic heterocycles. The lowest BCUT2D eigenvalue weighted by Gasteiger charge is -2.25. The minimum atomic E-state index is -0.837. The molecule has 5 rings (SSSR count). The van der Waals surface area contributed by atoms with E-state index in [0.717, 1.165) is 0 Å². The summed E-state index contributed by atoms with van der Waals surface area (Å²) >= 11 is 0. The Labute approximate surface area is 266 Å². The van der Waals surface area contributed by atoms with Crippen LogP contribution in [0.4, 0.5) is 0 Å². The van der Waals surface area contributed by atoms with Gasteiger partial charge in [0.2, 0.25) is 17.7 Å². The quantitative estimate of drug-likeness (QED) is 0.338. The van der Waals surface area contributed by atoms with Crippen molar-refractivity contribution < 1.29 is 33.0 Å². The molecule has 0 saturated heterocycles. The number of aromatic nitrogens is 3. The summed E-state index contributed by atoms with van der Waals surface area (Å²) in [4.78, 5) is 46.4. The van der Waals surface area contributed by atoms with E-state index in [9.17, 15) is 14.4 Å². The molecule has 13 nitrogen and oxygen atoms in total. The maximum atomic E-state index is 13.8. The molecule has 46 heavy (non-hydrogen) atoms. The number of benzene rings is 2. The Kier molecular flexibility index (Phi) is 9.89. The molecule has 0 spiro atoms. The Bertz CT molecular complexity index is 1710. The van der Waals surface area contributed by atoms with Gasteiger partial charge in [-0.3, -0.25) is 14.4 Å². The van der Waals surface area contributed by atoms with Crippen LogP contribution >= 0.6 is 0 Å². The first-order valence-electron chi connectivity index (χ1n) is 15.0. The summed E-state index contributed by atoms with van der Waals surface area (Å²) < 4.78 is 24.5. The minimum absolute atomic E-state index is 0.105. The maximum Gasteiger partial charge on any atom is 0.257 e. The average Bonchev–Trinajstić information content (AvgIpc) is 3.70. The number of methoxy groups -OCH3 is 2. The second-order valence-corrected chi connectivity index (χ2v) is 11.2. The van der Waals surface area contributed by atoms with Gasteiger partial charge in [-0.25, -0.2) is 9.67 Å². The number of nitrogens with zero attached hydrogens (tertiary/aromatic N) is 4. The van der Waals surface area contributed by atoms with Gasteiger partial charge in [-0.1, -0.05) is 26.0 Å². The van der Waals surface area contributed by atoms with Crippen LogP contribution in [0.5, 0.6) is 17.2 Å². The molecule has 0 fully saturated rings. The van der Waals surface area contributed by atoms with E-state index in [1.165, 1.54) is 11.1 Å². The molecule has 1 aliphatic rings. The number of oxazole rings is 1. The van der Waals surface area contributed by atoms with Gasteiger partial charge >= 0.3 is 0 Å². The number of hydrogen-bond acceptors (Lipinski definition) is 9. The second-order valence-electron chi connectivity index (χ2n) is 11.2. The Morgan fingerprint density at radius 2 is 1.87 bits per heavy atom. The molecule has 3 amide bonds. The molecule has 242 valence electrons. The van der Waals surface area contributed by atoms with Gasteiger partial charge in [0.25, 0.3) is 5.91 Å². The van der Waals surface area contributed by atoms with E-state index >= 15 is 0 Å². The van der Waals surface area contributed by atoms with Crippen LogP contribution in [0.15, 0.2) is 59.3 Å². The minimum Gasteiger partial charge on any atom is -0.494 e. The number of carbonyl (C=O) groups is 3. The molecular formula is C33H38N6O7. The van der Waals surface area contributed by atoms with Crippen LogP contribution in [-0.4, -0.2) is 77.3 Å². The zero-order valence-corrected chi connectivity index (χ0v) is 26.5. The van der Waals surface area contributed by atoms with Crippen LogP contribution in [0.1, 0.15) is 42.1 Å². The van der Waals surface area contributed by atoms with E-state index in [1.54, 1.807) is 50.2 Å². The normalized spacial score (nSPS) is 16.1. The van der Waals surface area contributed by atoms with Crippen molar-refractivity contribution in [1.82, 2.24) is 30.3 Å². The molecule has 1 atom stereocenters. The van der Waals surface area contributed by atoms with Crippen LogP contribution in [0, 0.1) is 12.8 Å². The second kappa shape index (κ2) is 14.2. The van der Waals surface area contributed by atoms with Gasteiger partial charge in [0.1, 0.15) is 28.9 Å². The molecule has 0 radical (unpaired) electrons. The predicted molar refractivity (Wildman–Crippen MR) is 168 cm³/mol. The summed E-state index contributed by atoms with van der Waals surface area (Å²) in [6, 6.07) is 11.8. The first-order valence-corrected chi connectivity index (χ1v) is 15.0. The molecule has 2 N–H and O–H groups in total. The fourth-order valence-corrected chi connectivity index (χ4v) is 5.10. The van der Waals surface area contributed by atoms with Gasteiger partial charge < -0.3 is 34.2 Å². The van der Waals surface area contributed by atoms with Crippen LogP contribution in [0.2, 0.25) is 0 Å². The number of amides is 3. The number of carbonyl (C=O) groups excluding carboxylic acids is 3. The van der Waals surface area contributed by atoms with Crippen molar-refractivity contribution in [3.63, 3.8) is 0 Å². The molecule has 4 bridgehead atoms. The van der Waals surface area contributed by atoms with E-state index < -0.39 is 17.9 Å². The first kappa shape index (κ1) is 32.1. The summed E-state index contributed by atoms with van der Waals surface area (Å²) in [5, 5.41) is 10.0. The third kappa shape index (κ3) is 7.14. The number of para-hydroxylation sites is 2. The maximum absolute atomic E-state index is 13.8. The van der Waals surface area contributed by atoms with Gasteiger partial charge in [-0.15, -0.1) is 0 Å². The molecule has 0 aliphatic carbocycles. The van der Waals surface area contributed by atoms with Crippen LogP contribution in [0.3, 0.4) is 0 Å². The van der Waals surface area contributed by atoms with Crippen molar-refractivity contribution in [2.24, 2.45) is 5.92 Å². The van der Waals surface area contributed by atoms with Gasteiger partial charge in [-0.05, 0) is 49.6 Å². The number of fused-ring (bicyclic) bond motifs is 5. The largest absolute Gasteiger partial charge is 0.494 e. The number of aryl methyl sites for hydroxylation is 1. The van der Waals surface area contributed by atoms with Gasteiger partial charge in [0.15, 0.2) is 11.5 Å². The monoisotopic (exact) mass is 630 g/mol. The van der Waals surface area contributed by atoms with Crippen LogP contribution in [-0.2, 0) is 16.1 Å². The summed E-state index contributed by atoms with van der Waals surface area (Å²) in [7, 11) is 3.11. The first-order chi connectivity index (χ1) is 22.2. The van der Waals surface area contributed by atoms with E-state index in [-0.39, 0.29) is 43.6 Å². The third-order valence-corrected chi connectivity index (χ3v) is 7.61. The van der Waals surface area contributed by atoms with Crippen LogP contribution in [0.25, 0.3) is 17.1 Å². The molecule has 2 aromatic carbocycles. The summed E-state index contributed by atoms with van der Waals surface area (Å²) in [6.07, 6.45) is 3.44. The van der Waals surface area contributed by atoms with Crippen molar-refractivity contribution in [3.05, 3.63) is 71.9 Å². The molecule has 3 heterocycles. The summed E-state index contributed by atoms with van der Waals surface area (Å²) in [5.41, 5.74) is 2.18. The molecular weight excluding hydrogens is 592 g/mol. The number of rotatable bonds is 5. The lowest BCUT2D eigenvalue weighted by molar-refractivity contribution is -0.130. The Hall–Kier alpha value is -5.33. The van der Waals surface area contributed by atoms with Gasteiger partial charge in [0.05, 0.1) is 45.7 Å². The smallest absolute Gasteiger partial charge is 0.257 e. The topological polar surface area (TPSA) is 150 Å². The van der Waals surface area contributed by atoms with Crippen molar-refractivity contribution in [2.75, 3.05) is 33.9 Å². The fourth-order valence-electron chi connectivity index (χ4n) is 5.10. The zero-order valence-electron chi connectivity index (χ0n) is 26.5. The standard InChI is InChI=1S/C33H38N6O7/c1-20(2)30-31(41)34-17-24-21(3)46-32(36-24)22-11-12-27(44-5)28(15-22)45-14-8-13-38(19-29(40)37-30)33(42)23-16-35-39(18-23)25-9-6-7-10-26(25)43-4/h6-7,9-12,15-16,18,20,30H,8,13-14,17,19H2,1-5H3,(H,34,41)(H,37,40)/t30-/m0/s1. The number of nitrogens with one attached hydrogen (secondary N) is 2.